The van der Waals surface area contributed by atoms with Gasteiger partial charge in [0.25, 0.3) is 5.91 Å². The number of nitrogens with zero attached hydrogens (tertiary/aromatic N) is 6. The second-order valence-corrected chi connectivity index (χ2v) is 8.11. The summed E-state index contributed by atoms with van der Waals surface area (Å²) >= 11 is 0. The zero-order valence-corrected chi connectivity index (χ0v) is 18.6. The van der Waals surface area contributed by atoms with Crippen LogP contribution in [0.25, 0.3) is 22.1 Å². The summed E-state index contributed by atoms with van der Waals surface area (Å²) in [7, 11) is 0. The summed E-state index contributed by atoms with van der Waals surface area (Å²) in [6, 6.07) is 6.39. The lowest BCUT2D eigenvalue weighted by atomic mass is 10.1. The lowest BCUT2D eigenvalue weighted by Gasteiger charge is -2.20. The van der Waals surface area contributed by atoms with Gasteiger partial charge in [-0.25, -0.2) is 18.9 Å². The zero-order valence-electron chi connectivity index (χ0n) is 18.6. The molecule has 0 saturated carbocycles. The van der Waals surface area contributed by atoms with Gasteiger partial charge in [0, 0.05) is 18.8 Å². The van der Waals surface area contributed by atoms with E-state index in [2.05, 4.69) is 15.1 Å². The van der Waals surface area contributed by atoms with Crippen molar-refractivity contribution in [3.05, 3.63) is 71.2 Å². The molecule has 180 valence electrons. The van der Waals surface area contributed by atoms with Crippen molar-refractivity contribution in [1.82, 2.24) is 28.9 Å². The van der Waals surface area contributed by atoms with Crippen LogP contribution in [0.15, 0.2) is 42.9 Å². The summed E-state index contributed by atoms with van der Waals surface area (Å²) in [4.78, 5) is 23.1. The third-order valence-electron chi connectivity index (χ3n) is 5.85. The van der Waals surface area contributed by atoms with Gasteiger partial charge in [0.15, 0.2) is 0 Å². The molecule has 0 aliphatic heterocycles. The third-order valence-corrected chi connectivity index (χ3v) is 5.85. The van der Waals surface area contributed by atoms with Gasteiger partial charge in [-0.05, 0) is 38.1 Å². The Hall–Kier alpha value is -4.22. The van der Waals surface area contributed by atoms with Crippen molar-refractivity contribution in [2.24, 2.45) is 0 Å². The predicted molar refractivity (Wildman–Crippen MR) is 120 cm³/mol. The molecular weight excluding hydrogens is 466 g/mol. The number of carbonyl (C=O) groups is 1. The van der Waals surface area contributed by atoms with Crippen molar-refractivity contribution in [3.8, 4) is 0 Å². The first-order chi connectivity index (χ1) is 16.6. The molecule has 5 rings (SSSR count). The Morgan fingerprint density at radius 1 is 1.20 bits per heavy atom. The quantitative estimate of drug-likeness (QED) is 0.385. The first-order valence-corrected chi connectivity index (χ1v) is 10.6. The molecule has 12 heteroatoms. The van der Waals surface area contributed by atoms with Crippen LogP contribution >= 0.6 is 0 Å². The molecule has 0 spiro atoms. The molecule has 0 saturated heterocycles. The maximum Gasteiger partial charge on any atom is 0.417 e. The maximum absolute atomic E-state index is 15.0. The van der Waals surface area contributed by atoms with Crippen LogP contribution in [-0.4, -0.2) is 41.3 Å². The molecule has 0 aliphatic carbocycles. The summed E-state index contributed by atoms with van der Waals surface area (Å²) < 4.78 is 56.8. The normalized spacial score (nSPS) is 12.2. The number of aryl methyl sites for hydroxylation is 1. The Morgan fingerprint density at radius 2 is 1.97 bits per heavy atom. The minimum Gasteiger partial charge on any atom is -0.382 e. The molecule has 2 N–H and O–H groups in total. The summed E-state index contributed by atoms with van der Waals surface area (Å²) in [6.45, 7) is 3.68. The number of amides is 1. The number of hydrogen-bond acceptors (Lipinski definition) is 5. The van der Waals surface area contributed by atoms with E-state index in [4.69, 9.17) is 5.73 Å². The Kier molecular flexibility index (Phi) is 5.11. The number of nitrogen functional groups attached to an aromatic ring is 1. The van der Waals surface area contributed by atoms with Gasteiger partial charge in [-0.15, -0.1) is 0 Å². The fraction of sp³-hybridized carbons (Fsp3) is 0.217. The minimum atomic E-state index is -4.50. The average Bonchev–Trinajstić information content (AvgIpc) is 3.39. The monoisotopic (exact) mass is 485 g/mol. The van der Waals surface area contributed by atoms with Crippen LogP contribution in [0.3, 0.4) is 0 Å². The molecule has 0 radical (unpaired) electrons. The van der Waals surface area contributed by atoms with Crippen molar-refractivity contribution in [2.75, 3.05) is 12.3 Å². The molecule has 0 unspecified atom stereocenters. The van der Waals surface area contributed by atoms with Gasteiger partial charge >= 0.3 is 6.18 Å². The standard InChI is InChI=1S/C23H19F4N7O/c1-3-32(10-14-6-15-5-4-13(23(25,26)27)9-34(15)31-14)22(35)16-7-19-18(8-17(16)24)30-21(28)20-12(2)29-11-33(19)20/h4-9,11H,3,10H2,1-2H3,(H2,28,30). The van der Waals surface area contributed by atoms with Crippen molar-refractivity contribution in [1.29, 1.82) is 0 Å². The van der Waals surface area contributed by atoms with E-state index < -0.39 is 23.5 Å². The summed E-state index contributed by atoms with van der Waals surface area (Å²) in [5.74, 6) is -1.17. The van der Waals surface area contributed by atoms with Crippen molar-refractivity contribution in [3.63, 3.8) is 0 Å². The SMILES string of the molecule is CCN(Cc1cc2ccc(C(F)(F)F)cn2n1)C(=O)c1cc2c(cc1F)nc(N)c1c(C)ncn12. The van der Waals surface area contributed by atoms with Crippen LogP contribution < -0.4 is 5.73 Å². The molecule has 1 aromatic carbocycles. The van der Waals surface area contributed by atoms with Crippen molar-refractivity contribution < 1.29 is 22.4 Å². The van der Waals surface area contributed by atoms with Gasteiger partial charge in [0.05, 0.1) is 45.6 Å². The van der Waals surface area contributed by atoms with Gasteiger partial charge in [-0.1, -0.05) is 0 Å². The molecule has 4 aromatic heterocycles. The summed E-state index contributed by atoms with van der Waals surface area (Å²) in [6.07, 6.45) is -2.09. The van der Waals surface area contributed by atoms with E-state index in [9.17, 15) is 22.4 Å². The highest BCUT2D eigenvalue weighted by Gasteiger charge is 2.31. The highest BCUT2D eigenvalue weighted by molar-refractivity contribution is 5.98. The van der Waals surface area contributed by atoms with E-state index in [-0.39, 0.29) is 30.0 Å². The minimum absolute atomic E-state index is 0.0184. The number of halogens is 4. The smallest absolute Gasteiger partial charge is 0.382 e. The van der Waals surface area contributed by atoms with Gasteiger partial charge in [0.1, 0.15) is 23.5 Å². The van der Waals surface area contributed by atoms with E-state index in [0.29, 0.717) is 27.9 Å². The number of fused-ring (bicyclic) bond motifs is 4. The highest BCUT2D eigenvalue weighted by atomic mass is 19.4. The highest BCUT2D eigenvalue weighted by Crippen LogP contribution is 2.29. The van der Waals surface area contributed by atoms with Crippen molar-refractivity contribution >= 4 is 33.8 Å². The Labute approximate surface area is 195 Å². The number of rotatable bonds is 4. The summed E-state index contributed by atoms with van der Waals surface area (Å²) in [5.41, 5.74) is 7.72. The van der Waals surface area contributed by atoms with E-state index in [0.717, 1.165) is 22.8 Å². The van der Waals surface area contributed by atoms with Gasteiger partial charge < -0.3 is 10.6 Å². The topological polar surface area (TPSA) is 93.8 Å². The van der Waals surface area contributed by atoms with Crippen LogP contribution in [0.2, 0.25) is 0 Å². The molecule has 4 heterocycles. The zero-order chi connectivity index (χ0) is 25.1. The number of pyridine rings is 1. The number of aromatic nitrogens is 5. The molecule has 35 heavy (non-hydrogen) atoms. The van der Waals surface area contributed by atoms with Gasteiger partial charge in [-0.3, -0.25) is 9.20 Å². The van der Waals surface area contributed by atoms with Crippen LogP contribution in [0.1, 0.15) is 34.2 Å². The van der Waals surface area contributed by atoms with Crippen LogP contribution in [0.5, 0.6) is 0 Å². The second kappa shape index (κ2) is 7.93. The van der Waals surface area contributed by atoms with E-state index in [1.807, 2.05) is 0 Å². The summed E-state index contributed by atoms with van der Waals surface area (Å²) in [5, 5.41) is 4.17. The number of alkyl halides is 3. The lowest BCUT2D eigenvalue weighted by Crippen LogP contribution is -2.31. The number of benzene rings is 1. The van der Waals surface area contributed by atoms with E-state index >= 15 is 0 Å². The van der Waals surface area contributed by atoms with E-state index in [1.54, 1.807) is 24.3 Å². The number of carbonyl (C=O) groups excluding carboxylic acids is 1. The molecule has 0 atom stereocenters. The number of nitrogens with two attached hydrogens (primary N) is 1. The van der Waals surface area contributed by atoms with Crippen LogP contribution in [0.4, 0.5) is 23.4 Å². The Morgan fingerprint density at radius 3 is 2.69 bits per heavy atom. The van der Waals surface area contributed by atoms with Crippen LogP contribution in [-0.2, 0) is 12.7 Å². The second-order valence-electron chi connectivity index (χ2n) is 8.11. The number of anilines is 1. The van der Waals surface area contributed by atoms with Crippen LogP contribution in [0, 0.1) is 12.7 Å². The fourth-order valence-electron chi connectivity index (χ4n) is 4.09. The molecule has 0 fully saturated rings. The van der Waals surface area contributed by atoms with Crippen molar-refractivity contribution in [2.45, 2.75) is 26.6 Å². The largest absolute Gasteiger partial charge is 0.417 e. The molecule has 0 aliphatic rings. The first kappa shape index (κ1) is 22.6. The lowest BCUT2D eigenvalue weighted by molar-refractivity contribution is -0.137. The fourth-order valence-corrected chi connectivity index (χ4v) is 4.09. The molecular formula is C23H19F4N7O. The number of hydrogen-bond donors (Lipinski definition) is 1. The van der Waals surface area contributed by atoms with Gasteiger partial charge in [-0.2, -0.15) is 18.3 Å². The molecule has 1 amide bonds. The Bertz CT molecular complexity index is 1620. The van der Waals surface area contributed by atoms with Gasteiger partial charge in [0.2, 0.25) is 0 Å². The molecule has 0 bridgehead atoms. The predicted octanol–water partition coefficient (Wildman–Crippen LogP) is 4.24. The van der Waals surface area contributed by atoms with E-state index in [1.165, 1.54) is 23.4 Å². The average molecular weight is 485 g/mol. The first-order valence-electron chi connectivity index (χ1n) is 10.6. The Balaban J connectivity index is 1.51. The number of imidazole rings is 1. The maximum atomic E-state index is 15.0. The molecule has 5 aromatic rings. The third kappa shape index (κ3) is 3.80. The molecule has 8 nitrogen and oxygen atoms in total.